The summed E-state index contributed by atoms with van der Waals surface area (Å²) in [6.45, 7) is 0. The Morgan fingerprint density at radius 3 is 2.00 bits per heavy atom. The molecule has 8 heteroatoms. The number of hydrazine groups is 1. The molecule has 0 bridgehead atoms. The highest BCUT2D eigenvalue weighted by Gasteiger charge is 2.04. The summed E-state index contributed by atoms with van der Waals surface area (Å²) < 4.78 is 0. The maximum absolute atomic E-state index is 9.10. The third kappa shape index (κ3) is 4.83. The highest BCUT2D eigenvalue weighted by Crippen LogP contribution is 2.28. The predicted octanol–water partition coefficient (Wildman–Crippen LogP) is 1.43. The number of nitrogen functional groups attached to an aromatic ring is 1. The number of anilines is 1. The number of rotatable bonds is 1. The molecule has 0 saturated carbocycles. The lowest BCUT2D eigenvalue weighted by Gasteiger charge is -2.02. The van der Waals surface area contributed by atoms with Crippen LogP contribution in [-0.2, 0) is 9.59 Å². The van der Waals surface area contributed by atoms with Crippen molar-refractivity contribution in [2.75, 3.05) is 5.43 Å². The molecule has 0 aliphatic carbocycles. The topological polar surface area (TPSA) is 113 Å². The van der Waals surface area contributed by atoms with E-state index in [1.54, 1.807) is 18.2 Å². The number of hydrogen-bond acceptors (Lipinski definition) is 4. The van der Waals surface area contributed by atoms with Crippen molar-refractivity contribution in [3.63, 3.8) is 0 Å². The minimum absolute atomic E-state index is 0.451. The first-order chi connectivity index (χ1) is 7.40. The number of nitrogens with one attached hydrogen (secondary N) is 1. The second-order valence-electron chi connectivity index (χ2n) is 2.36. The minimum Gasteiger partial charge on any atom is -0.473 e. The number of nitrogens with two attached hydrogens (primary N) is 1. The van der Waals surface area contributed by atoms with E-state index >= 15 is 0 Å². The van der Waals surface area contributed by atoms with Crippen molar-refractivity contribution in [3.05, 3.63) is 28.2 Å². The quantitative estimate of drug-likeness (QED) is 0.348. The van der Waals surface area contributed by atoms with Gasteiger partial charge < -0.3 is 15.6 Å². The van der Waals surface area contributed by atoms with E-state index in [1.807, 2.05) is 0 Å². The Kier molecular flexibility index (Phi) is 6.24. The van der Waals surface area contributed by atoms with E-state index < -0.39 is 11.9 Å². The van der Waals surface area contributed by atoms with Crippen LogP contribution in [0.5, 0.6) is 0 Å². The third-order valence-electron chi connectivity index (χ3n) is 1.29. The number of carboxylic acid groups (broad SMARTS) is 2. The summed E-state index contributed by atoms with van der Waals surface area (Å²) in [6, 6.07) is 5.21. The average Bonchev–Trinajstić information content (AvgIpc) is 2.23. The Morgan fingerprint density at radius 2 is 1.69 bits per heavy atom. The average molecular weight is 267 g/mol. The normalized spacial score (nSPS) is 8.69. The van der Waals surface area contributed by atoms with Gasteiger partial charge in [-0.25, -0.2) is 9.59 Å². The molecule has 1 rings (SSSR count). The summed E-state index contributed by atoms with van der Waals surface area (Å²) in [6.07, 6.45) is 0. The van der Waals surface area contributed by atoms with Crippen molar-refractivity contribution in [1.82, 2.24) is 0 Å². The molecule has 1 aromatic carbocycles. The van der Waals surface area contributed by atoms with Gasteiger partial charge in [-0.2, -0.15) is 0 Å². The summed E-state index contributed by atoms with van der Waals surface area (Å²) in [4.78, 5) is 18.2. The van der Waals surface area contributed by atoms with Crippen LogP contribution in [0.4, 0.5) is 5.69 Å². The Balaban J connectivity index is 0.000000325. The van der Waals surface area contributed by atoms with Crippen molar-refractivity contribution >= 4 is 40.8 Å². The lowest BCUT2D eigenvalue weighted by molar-refractivity contribution is -0.159. The van der Waals surface area contributed by atoms with E-state index in [0.29, 0.717) is 15.7 Å². The van der Waals surface area contributed by atoms with Crippen LogP contribution in [0.2, 0.25) is 10.0 Å². The van der Waals surface area contributed by atoms with Gasteiger partial charge in [0.1, 0.15) is 0 Å². The molecule has 0 spiro atoms. The van der Waals surface area contributed by atoms with E-state index in [9.17, 15) is 0 Å². The molecule has 88 valence electrons. The summed E-state index contributed by atoms with van der Waals surface area (Å²) in [7, 11) is 0. The smallest absolute Gasteiger partial charge is 0.414 e. The van der Waals surface area contributed by atoms with Crippen LogP contribution in [-0.4, -0.2) is 22.2 Å². The van der Waals surface area contributed by atoms with Crippen molar-refractivity contribution in [1.29, 1.82) is 0 Å². The molecule has 16 heavy (non-hydrogen) atoms. The minimum atomic E-state index is -1.82. The number of carbonyl (C=O) groups is 2. The van der Waals surface area contributed by atoms with Crippen molar-refractivity contribution < 1.29 is 19.8 Å². The molecule has 0 aliphatic heterocycles. The summed E-state index contributed by atoms with van der Waals surface area (Å²) in [5, 5.41) is 15.7. The molecule has 5 N–H and O–H groups in total. The fourth-order valence-corrected chi connectivity index (χ4v) is 0.970. The van der Waals surface area contributed by atoms with Crippen molar-refractivity contribution in [2.24, 2.45) is 5.84 Å². The van der Waals surface area contributed by atoms with Crippen LogP contribution < -0.4 is 11.3 Å². The fourth-order valence-electron chi connectivity index (χ4n) is 0.615. The van der Waals surface area contributed by atoms with Crippen LogP contribution >= 0.6 is 23.2 Å². The SMILES string of the molecule is NNc1cccc(Cl)c1Cl.O=C(O)C(=O)O. The lowest BCUT2D eigenvalue weighted by atomic mass is 10.3. The highest BCUT2D eigenvalue weighted by molar-refractivity contribution is 6.43. The van der Waals surface area contributed by atoms with E-state index in [-0.39, 0.29) is 0 Å². The Bertz CT molecular complexity index is 386. The van der Waals surface area contributed by atoms with Gasteiger partial charge in [0, 0.05) is 0 Å². The zero-order valence-corrected chi connectivity index (χ0v) is 9.29. The zero-order valence-electron chi connectivity index (χ0n) is 7.78. The second-order valence-corrected chi connectivity index (χ2v) is 3.14. The van der Waals surface area contributed by atoms with Crippen LogP contribution in [0.25, 0.3) is 0 Å². The van der Waals surface area contributed by atoms with Crippen LogP contribution in [0.3, 0.4) is 0 Å². The lowest BCUT2D eigenvalue weighted by Crippen LogP contribution is -2.09. The van der Waals surface area contributed by atoms with Crippen LogP contribution in [0.15, 0.2) is 18.2 Å². The van der Waals surface area contributed by atoms with Crippen LogP contribution in [0, 0.1) is 0 Å². The summed E-state index contributed by atoms with van der Waals surface area (Å²) in [5.41, 5.74) is 3.05. The largest absolute Gasteiger partial charge is 0.473 e. The van der Waals surface area contributed by atoms with Crippen molar-refractivity contribution in [2.45, 2.75) is 0 Å². The van der Waals surface area contributed by atoms with E-state index in [4.69, 9.17) is 48.8 Å². The molecule has 0 fully saturated rings. The molecule has 1 aromatic rings. The summed E-state index contributed by atoms with van der Waals surface area (Å²) >= 11 is 11.4. The summed E-state index contributed by atoms with van der Waals surface area (Å²) in [5.74, 6) is 1.48. The van der Waals surface area contributed by atoms with Gasteiger partial charge in [0.05, 0.1) is 15.7 Å². The first-order valence-electron chi connectivity index (χ1n) is 3.77. The van der Waals surface area contributed by atoms with Gasteiger partial charge in [0.25, 0.3) is 0 Å². The molecular weight excluding hydrogens is 259 g/mol. The first kappa shape index (κ1) is 14.5. The van der Waals surface area contributed by atoms with Gasteiger partial charge in [0.15, 0.2) is 0 Å². The number of benzene rings is 1. The first-order valence-corrected chi connectivity index (χ1v) is 4.52. The second kappa shape index (κ2) is 6.89. The predicted molar refractivity (Wildman–Crippen MR) is 59.5 cm³/mol. The van der Waals surface area contributed by atoms with E-state index in [0.717, 1.165) is 0 Å². The molecule has 0 aliphatic rings. The van der Waals surface area contributed by atoms with Gasteiger partial charge >= 0.3 is 11.9 Å². The Hall–Kier alpha value is -1.50. The molecule has 0 aromatic heterocycles. The van der Waals surface area contributed by atoms with E-state index in [1.165, 1.54) is 0 Å². The standard InChI is InChI=1S/C6H6Cl2N2.C2H2O4/c7-4-2-1-3-5(10-9)6(4)8;3-1(4)2(5)6/h1-3,10H,9H2;(H,3,4)(H,5,6). The van der Waals surface area contributed by atoms with Gasteiger partial charge in [-0.1, -0.05) is 29.3 Å². The van der Waals surface area contributed by atoms with Gasteiger partial charge in [-0.3, -0.25) is 5.84 Å². The monoisotopic (exact) mass is 266 g/mol. The number of aliphatic carboxylic acids is 2. The molecule has 0 atom stereocenters. The van der Waals surface area contributed by atoms with E-state index in [2.05, 4.69) is 5.43 Å². The molecule has 0 radical (unpaired) electrons. The maximum atomic E-state index is 9.10. The number of carboxylic acids is 2. The molecule has 0 unspecified atom stereocenters. The number of hydrogen-bond donors (Lipinski definition) is 4. The van der Waals surface area contributed by atoms with Gasteiger partial charge in [-0.05, 0) is 12.1 Å². The molecule has 0 saturated heterocycles. The highest BCUT2D eigenvalue weighted by atomic mass is 35.5. The number of halogens is 2. The maximum Gasteiger partial charge on any atom is 0.414 e. The zero-order chi connectivity index (χ0) is 12.7. The van der Waals surface area contributed by atoms with Gasteiger partial charge in [0.2, 0.25) is 0 Å². The molecule has 6 nitrogen and oxygen atoms in total. The van der Waals surface area contributed by atoms with Crippen molar-refractivity contribution in [3.8, 4) is 0 Å². The van der Waals surface area contributed by atoms with Gasteiger partial charge in [-0.15, -0.1) is 0 Å². The molecule has 0 amide bonds. The Labute approximate surface area is 101 Å². The van der Waals surface area contributed by atoms with Crippen LogP contribution in [0.1, 0.15) is 0 Å². The molecule has 0 heterocycles. The molecular formula is C8H8Cl2N2O4. The Morgan fingerprint density at radius 1 is 1.19 bits per heavy atom. The fraction of sp³-hybridized carbons (Fsp3) is 0. The third-order valence-corrected chi connectivity index (χ3v) is 2.11.